The van der Waals surface area contributed by atoms with Gasteiger partial charge < -0.3 is 4.74 Å². The number of hydrogen-bond acceptors (Lipinski definition) is 2. The summed E-state index contributed by atoms with van der Waals surface area (Å²) in [6.07, 6.45) is -13.5. The molecule has 0 amide bonds. The lowest BCUT2D eigenvalue weighted by Gasteiger charge is -2.42. The molecule has 0 saturated heterocycles. The number of carbonyl (C=O) groups is 1. The zero-order valence-corrected chi connectivity index (χ0v) is 18.3. The van der Waals surface area contributed by atoms with Gasteiger partial charge in [-0.15, -0.1) is 0 Å². The molecule has 1 saturated carbocycles. The molecule has 3 unspecified atom stereocenters. The van der Waals surface area contributed by atoms with Crippen molar-refractivity contribution in [2.45, 2.75) is 66.7 Å². The quantitative estimate of drug-likeness (QED) is 0.147. The number of fused-ring (bicyclic) bond motifs is 2. The molecule has 3 atom stereocenters. The van der Waals surface area contributed by atoms with Gasteiger partial charge in [0.25, 0.3) is 0 Å². The van der Waals surface area contributed by atoms with Crippen LogP contribution in [0.2, 0.25) is 0 Å². The maximum atomic E-state index is 13.9. The van der Waals surface area contributed by atoms with Crippen LogP contribution >= 0.6 is 0 Å². The number of rotatable bonds is 9. The van der Waals surface area contributed by atoms with Crippen LogP contribution in [0.1, 0.15) is 12.8 Å². The van der Waals surface area contributed by atoms with Crippen LogP contribution in [0.4, 0.5) is 87.8 Å². The molecule has 0 heterocycles. The highest BCUT2D eigenvalue weighted by Crippen LogP contribution is 2.64. The summed E-state index contributed by atoms with van der Waals surface area (Å²) in [5.41, 5.74) is -3.75. The van der Waals surface area contributed by atoms with E-state index in [4.69, 9.17) is 0 Å². The Bertz CT molecular complexity index is 1020. The van der Waals surface area contributed by atoms with E-state index in [2.05, 4.69) is 4.74 Å². The van der Waals surface area contributed by atoms with Crippen molar-refractivity contribution < 1.29 is 97.3 Å². The van der Waals surface area contributed by atoms with Gasteiger partial charge in [0.2, 0.25) is 0 Å². The van der Waals surface area contributed by atoms with Gasteiger partial charge in [-0.2, -0.15) is 87.8 Å². The average Bonchev–Trinajstić information content (AvgIpc) is 3.37. The summed E-state index contributed by atoms with van der Waals surface area (Å²) in [6.45, 7) is -3.72. The van der Waals surface area contributed by atoms with E-state index in [9.17, 15) is 92.6 Å². The molecule has 22 heteroatoms. The zero-order chi connectivity index (χ0) is 32.0. The molecule has 0 N–H and O–H groups in total. The number of ether oxygens (including phenoxy) is 1. The highest BCUT2D eigenvalue weighted by atomic mass is 19.4. The third kappa shape index (κ3) is 4.19. The molecule has 0 aromatic carbocycles. The van der Waals surface area contributed by atoms with Crippen molar-refractivity contribution in [2.24, 2.45) is 17.3 Å². The average molecular weight is 638 g/mol. The summed E-state index contributed by atoms with van der Waals surface area (Å²) in [5.74, 6) is -64.5. The third-order valence-corrected chi connectivity index (χ3v) is 6.43. The fourth-order valence-corrected chi connectivity index (χ4v) is 4.10. The first kappa shape index (κ1) is 34.0. The van der Waals surface area contributed by atoms with Gasteiger partial charge in [-0.05, 0) is 18.8 Å². The van der Waals surface area contributed by atoms with Gasteiger partial charge in [-0.25, -0.2) is 0 Å². The standard InChI is InChI=1S/C18H10F20O2/c19-10(20,5-40-8(39)9(17(33,34)35)4-6-1-2-7(9)3-6)11(21,22)12(23,24)13(25,26)14(27,28)15(29,30)16(31,32)18(36,37)38/h1-2,6-7H,3-5H2. The zero-order valence-electron chi connectivity index (χ0n) is 18.3. The number of carbonyl (C=O) groups excluding carboxylic acids is 1. The summed E-state index contributed by atoms with van der Waals surface area (Å²) in [5, 5.41) is 0. The molecule has 2 aliphatic rings. The van der Waals surface area contributed by atoms with Crippen LogP contribution in [-0.2, 0) is 9.53 Å². The van der Waals surface area contributed by atoms with Crippen molar-refractivity contribution in [3.05, 3.63) is 12.2 Å². The Morgan fingerprint density at radius 2 is 1.02 bits per heavy atom. The Morgan fingerprint density at radius 3 is 1.35 bits per heavy atom. The Labute approximate surface area is 207 Å². The fraction of sp³-hybridized carbons (Fsp3) is 0.833. The lowest BCUT2D eigenvalue weighted by molar-refractivity contribution is -0.462. The summed E-state index contributed by atoms with van der Waals surface area (Å²) in [4.78, 5) is 12.0. The topological polar surface area (TPSA) is 26.3 Å². The molecule has 2 aliphatic carbocycles. The highest BCUT2D eigenvalue weighted by Gasteiger charge is 2.95. The molecule has 0 aromatic rings. The van der Waals surface area contributed by atoms with Crippen molar-refractivity contribution in [3.8, 4) is 0 Å². The largest absolute Gasteiger partial charge is 0.460 e. The second-order valence-corrected chi connectivity index (χ2v) is 8.89. The SMILES string of the molecule is O=C(OCC(F)(F)C(F)(F)C(F)(F)C(F)(F)C(F)(F)C(F)(F)C(F)(F)C(F)(F)F)C1(C(F)(F)F)CC2C=CC1C2. The van der Waals surface area contributed by atoms with Gasteiger partial charge in [0.05, 0.1) is 0 Å². The van der Waals surface area contributed by atoms with Gasteiger partial charge in [0.1, 0.15) is 0 Å². The lowest BCUT2D eigenvalue weighted by atomic mass is 9.75. The number of halogens is 20. The number of hydrogen-bond donors (Lipinski definition) is 0. The monoisotopic (exact) mass is 638 g/mol. The Balaban J connectivity index is 2.44. The molecular weight excluding hydrogens is 628 g/mol. The molecule has 1 fully saturated rings. The van der Waals surface area contributed by atoms with Crippen LogP contribution in [0.5, 0.6) is 0 Å². The second-order valence-electron chi connectivity index (χ2n) is 8.89. The van der Waals surface area contributed by atoms with Crippen LogP contribution in [0.25, 0.3) is 0 Å². The minimum absolute atomic E-state index is 0.475. The minimum atomic E-state index is -8.85. The van der Waals surface area contributed by atoms with Crippen LogP contribution < -0.4 is 0 Å². The second kappa shape index (κ2) is 8.90. The van der Waals surface area contributed by atoms with E-state index in [1.165, 1.54) is 0 Å². The summed E-state index contributed by atoms with van der Waals surface area (Å²) in [6, 6.07) is 0. The van der Waals surface area contributed by atoms with Gasteiger partial charge in [-0.3, -0.25) is 4.79 Å². The summed E-state index contributed by atoms with van der Waals surface area (Å²) >= 11 is 0. The van der Waals surface area contributed by atoms with Crippen LogP contribution in [-0.4, -0.2) is 66.4 Å². The molecule has 0 radical (unpaired) electrons. The predicted molar refractivity (Wildman–Crippen MR) is 85.5 cm³/mol. The van der Waals surface area contributed by atoms with Gasteiger partial charge in [0.15, 0.2) is 12.0 Å². The van der Waals surface area contributed by atoms with E-state index in [1.54, 1.807) is 0 Å². The fourth-order valence-electron chi connectivity index (χ4n) is 4.10. The van der Waals surface area contributed by atoms with Crippen LogP contribution in [0, 0.1) is 17.3 Å². The van der Waals surface area contributed by atoms with Gasteiger partial charge in [-0.1, -0.05) is 12.2 Å². The van der Waals surface area contributed by atoms with Crippen LogP contribution in [0.3, 0.4) is 0 Å². The maximum Gasteiger partial charge on any atom is 0.460 e. The molecular formula is C18H10F20O2. The van der Waals surface area contributed by atoms with E-state index < -0.39 is 96.5 Å². The van der Waals surface area contributed by atoms with Crippen LogP contribution in [0.15, 0.2) is 12.2 Å². The van der Waals surface area contributed by atoms with Crippen molar-refractivity contribution in [1.82, 2.24) is 0 Å². The van der Waals surface area contributed by atoms with E-state index in [-0.39, 0.29) is 0 Å². The third-order valence-electron chi connectivity index (χ3n) is 6.43. The lowest BCUT2D eigenvalue weighted by Crippen LogP contribution is -2.74. The summed E-state index contributed by atoms with van der Waals surface area (Å²) < 4.78 is 269. The first-order chi connectivity index (χ1) is 17.3. The predicted octanol–water partition coefficient (Wildman–Crippen LogP) is 7.68. The van der Waals surface area contributed by atoms with Crippen molar-refractivity contribution in [2.75, 3.05) is 6.61 Å². The van der Waals surface area contributed by atoms with Crippen molar-refractivity contribution in [3.63, 3.8) is 0 Å². The molecule has 0 aliphatic heterocycles. The normalized spacial score (nSPS) is 25.5. The van der Waals surface area contributed by atoms with Crippen molar-refractivity contribution >= 4 is 5.97 Å². The van der Waals surface area contributed by atoms with E-state index in [0.29, 0.717) is 0 Å². The number of esters is 1. The molecule has 2 bridgehead atoms. The molecule has 40 heavy (non-hydrogen) atoms. The molecule has 2 rings (SSSR count). The Kier molecular flexibility index (Phi) is 7.57. The molecule has 234 valence electrons. The summed E-state index contributed by atoms with van der Waals surface area (Å²) in [7, 11) is 0. The molecule has 2 nitrogen and oxygen atoms in total. The smallest absolute Gasteiger partial charge is 0.458 e. The van der Waals surface area contributed by atoms with Gasteiger partial charge in [0, 0.05) is 5.92 Å². The van der Waals surface area contributed by atoms with E-state index in [1.807, 2.05) is 0 Å². The first-order valence-corrected chi connectivity index (χ1v) is 9.95. The molecule has 0 spiro atoms. The van der Waals surface area contributed by atoms with E-state index >= 15 is 0 Å². The highest BCUT2D eigenvalue weighted by molar-refractivity contribution is 5.80. The number of alkyl halides is 20. The van der Waals surface area contributed by atoms with E-state index in [0.717, 1.165) is 12.2 Å². The van der Waals surface area contributed by atoms with Gasteiger partial charge >= 0.3 is 59.8 Å². The molecule has 0 aromatic heterocycles. The number of allylic oxidation sites excluding steroid dienone is 2. The minimum Gasteiger partial charge on any atom is -0.458 e. The maximum absolute atomic E-state index is 13.9. The Morgan fingerprint density at radius 1 is 0.625 bits per heavy atom. The Hall–Kier alpha value is -2.19. The first-order valence-electron chi connectivity index (χ1n) is 9.95. The van der Waals surface area contributed by atoms with Crippen molar-refractivity contribution in [1.29, 1.82) is 0 Å².